The largest absolute Gasteiger partial charge is 0.334 e. The average molecular weight is 365 g/mol. The molecule has 25 heavy (non-hydrogen) atoms. The predicted octanol–water partition coefficient (Wildman–Crippen LogP) is -0.0897. The molecule has 0 unspecified atom stereocenters. The summed E-state index contributed by atoms with van der Waals surface area (Å²) < 4.78 is 25.2. The Morgan fingerprint density at radius 1 is 1.04 bits per heavy atom. The molecule has 0 bridgehead atoms. The van der Waals surface area contributed by atoms with Gasteiger partial charge in [0.05, 0.1) is 10.9 Å². The first kappa shape index (κ1) is 17.6. The van der Waals surface area contributed by atoms with Gasteiger partial charge in [0.2, 0.25) is 21.8 Å². The van der Waals surface area contributed by atoms with Crippen molar-refractivity contribution in [3.8, 4) is 0 Å². The number of nitrogens with zero attached hydrogens (tertiary/aromatic N) is 3. The second-order valence-corrected chi connectivity index (χ2v) is 8.49. The van der Waals surface area contributed by atoms with Crippen LogP contribution in [0.15, 0.2) is 29.2 Å². The molecule has 3 amide bonds. The van der Waals surface area contributed by atoms with Gasteiger partial charge in [0, 0.05) is 45.6 Å². The van der Waals surface area contributed by atoms with Crippen molar-refractivity contribution >= 4 is 27.7 Å². The van der Waals surface area contributed by atoms with Crippen LogP contribution in [0.25, 0.3) is 0 Å². The van der Waals surface area contributed by atoms with Gasteiger partial charge in [-0.3, -0.25) is 19.3 Å². The maximum Gasteiger partial charge on any atom is 0.253 e. The normalized spacial score (nSPS) is 18.8. The van der Waals surface area contributed by atoms with Crippen molar-refractivity contribution in [1.29, 1.82) is 0 Å². The summed E-state index contributed by atoms with van der Waals surface area (Å²) in [6.45, 7) is 0.627. The van der Waals surface area contributed by atoms with Gasteiger partial charge >= 0.3 is 0 Å². The number of carbonyl (C=O) groups is 3. The fraction of sp³-hybridized carbons (Fsp3) is 0.438. The zero-order valence-electron chi connectivity index (χ0n) is 14.0. The minimum Gasteiger partial charge on any atom is -0.334 e. The van der Waals surface area contributed by atoms with Crippen molar-refractivity contribution in [3.05, 3.63) is 29.8 Å². The van der Waals surface area contributed by atoms with Crippen molar-refractivity contribution in [2.24, 2.45) is 0 Å². The monoisotopic (exact) mass is 365 g/mol. The molecule has 0 N–H and O–H groups in total. The van der Waals surface area contributed by atoms with E-state index < -0.39 is 10.0 Å². The van der Waals surface area contributed by atoms with Crippen LogP contribution in [0.3, 0.4) is 0 Å². The van der Waals surface area contributed by atoms with Crippen LogP contribution in [0.5, 0.6) is 0 Å². The van der Waals surface area contributed by atoms with E-state index in [1.165, 1.54) is 43.3 Å². The van der Waals surface area contributed by atoms with Gasteiger partial charge in [0.1, 0.15) is 0 Å². The zero-order valence-corrected chi connectivity index (χ0v) is 14.8. The topological polar surface area (TPSA) is 95.1 Å². The Morgan fingerprint density at radius 2 is 1.56 bits per heavy atom. The molecule has 2 aliphatic rings. The fourth-order valence-electron chi connectivity index (χ4n) is 2.95. The number of likely N-dealkylation sites (tertiary alicyclic amines) is 2. The summed E-state index contributed by atoms with van der Waals surface area (Å²) in [5, 5.41) is 0. The third-order valence-electron chi connectivity index (χ3n) is 4.48. The summed E-state index contributed by atoms with van der Waals surface area (Å²) in [7, 11) is -0.656. The Balaban J connectivity index is 1.65. The van der Waals surface area contributed by atoms with Gasteiger partial charge in [-0.15, -0.1) is 0 Å². The molecule has 0 aromatic heterocycles. The number of sulfonamides is 1. The SMILES string of the molecule is CN(C)S(=O)(=O)c1ccc(C(=O)N2CC(N3C(=O)CCC3=O)C2)cc1. The highest BCUT2D eigenvalue weighted by atomic mass is 32.2. The van der Waals surface area contributed by atoms with Gasteiger partial charge in [0.15, 0.2) is 0 Å². The predicted molar refractivity (Wildman–Crippen MR) is 88.1 cm³/mol. The van der Waals surface area contributed by atoms with Crippen LogP contribution >= 0.6 is 0 Å². The highest BCUT2D eigenvalue weighted by Gasteiger charge is 2.42. The van der Waals surface area contributed by atoms with E-state index in [2.05, 4.69) is 0 Å². The molecule has 0 saturated carbocycles. The lowest BCUT2D eigenvalue weighted by Crippen LogP contribution is -2.62. The van der Waals surface area contributed by atoms with Crippen LogP contribution in [0, 0.1) is 0 Å². The minimum absolute atomic E-state index is 0.115. The number of hydrogen-bond acceptors (Lipinski definition) is 5. The first-order valence-electron chi connectivity index (χ1n) is 7.88. The van der Waals surface area contributed by atoms with E-state index >= 15 is 0 Å². The minimum atomic E-state index is -3.54. The van der Waals surface area contributed by atoms with Crippen LogP contribution in [0.2, 0.25) is 0 Å². The van der Waals surface area contributed by atoms with E-state index in [1.807, 2.05) is 0 Å². The van der Waals surface area contributed by atoms with Gasteiger partial charge < -0.3 is 4.90 Å². The molecule has 3 rings (SSSR count). The van der Waals surface area contributed by atoms with Crippen molar-refractivity contribution < 1.29 is 22.8 Å². The lowest BCUT2D eigenvalue weighted by molar-refractivity contribution is -0.144. The molecule has 9 heteroatoms. The molecular weight excluding hydrogens is 346 g/mol. The molecule has 134 valence electrons. The molecule has 0 aliphatic carbocycles. The highest BCUT2D eigenvalue weighted by molar-refractivity contribution is 7.89. The van der Waals surface area contributed by atoms with Gasteiger partial charge in [-0.25, -0.2) is 12.7 Å². The van der Waals surface area contributed by atoms with Gasteiger partial charge in [0.25, 0.3) is 5.91 Å². The van der Waals surface area contributed by atoms with E-state index in [9.17, 15) is 22.8 Å². The summed E-state index contributed by atoms with van der Waals surface area (Å²) in [6.07, 6.45) is 0.482. The van der Waals surface area contributed by atoms with Crippen molar-refractivity contribution in [2.75, 3.05) is 27.2 Å². The number of rotatable bonds is 4. The molecule has 0 spiro atoms. The van der Waals surface area contributed by atoms with E-state index in [0.717, 1.165) is 4.31 Å². The Morgan fingerprint density at radius 3 is 2.04 bits per heavy atom. The van der Waals surface area contributed by atoms with Crippen molar-refractivity contribution in [2.45, 2.75) is 23.8 Å². The molecule has 2 saturated heterocycles. The van der Waals surface area contributed by atoms with E-state index in [-0.39, 0.29) is 41.5 Å². The maximum atomic E-state index is 12.4. The van der Waals surface area contributed by atoms with Gasteiger partial charge in [-0.2, -0.15) is 0 Å². The van der Waals surface area contributed by atoms with E-state index in [0.29, 0.717) is 18.7 Å². The maximum absolute atomic E-state index is 12.4. The first-order valence-corrected chi connectivity index (χ1v) is 9.32. The van der Waals surface area contributed by atoms with Gasteiger partial charge in [-0.1, -0.05) is 0 Å². The molecule has 2 aliphatic heterocycles. The Hall–Kier alpha value is -2.26. The van der Waals surface area contributed by atoms with Crippen LogP contribution in [0.1, 0.15) is 23.2 Å². The summed E-state index contributed by atoms with van der Waals surface area (Å²) in [5.74, 6) is -0.607. The second kappa shape index (κ2) is 6.23. The Labute approximate surface area is 146 Å². The zero-order chi connectivity index (χ0) is 18.4. The number of hydrogen-bond donors (Lipinski definition) is 0. The van der Waals surface area contributed by atoms with Gasteiger partial charge in [-0.05, 0) is 24.3 Å². The molecular formula is C16H19N3O5S. The molecule has 2 fully saturated rings. The number of benzene rings is 1. The fourth-order valence-corrected chi connectivity index (χ4v) is 3.85. The summed E-state index contributed by atoms with van der Waals surface area (Å²) >= 11 is 0. The van der Waals surface area contributed by atoms with Crippen LogP contribution in [0.4, 0.5) is 0 Å². The number of imide groups is 1. The summed E-state index contributed by atoms with van der Waals surface area (Å²) in [4.78, 5) is 38.7. The molecule has 1 aromatic carbocycles. The highest BCUT2D eigenvalue weighted by Crippen LogP contribution is 2.24. The lowest BCUT2D eigenvalue weighted by Gasteiger charge is -2.43. The van der Waals surface area contributed by atoms with Crippen molar-refractivity contribution in [3.63, 3.8) is 0 Å². The molecule has 0 atom stereocenters. The smallest absolute Gasteiger partial charge is 0.253 e. The van der Waals surface area contributed by atoms with E-state index in [4.69, 9.17) is 0 Å². The Kier molecular flexibility index (Phi) is 4.38. The molecule has 2 heterocycles. The number of amides is 3. The average Bonchev–Trinajstić information content (AvgIpc) is 2.85. The number of carbonyl (C=O) groups excluding carboxylic acids is 3. The second-order valence-electron chi connectivity index (χ2n) is 6.33. The third kappa shape index (κ3) is 3.05. The lowest BCUT2D eigenvalue weighted by atomic mass is 10.1. The third-order valence-corrected chi connectivity index (χ3v) is 6.31. The molecule has 1 aromatic rings. The quantitative estimate of drug-likeness (QED) is 0.695. The van der Waals surface area contributed by atoms with Crippen LogP contribution < -0.4 is 0 Å². The summed E-state index contributed by atoms with van der Waals surface area (Å²) in [6, 6.07) is 5.48. The van der Waals surface area contributed by atoms with Crippen LogP contribution in [-0.2, 0) is 19.6 Å². The standard InChI is InChI=1S/C16H19N3O5S/c1-17(2)25(23,24)13-5-3-11(4-6-13)16(22)18-9-12(10-18)19-14(20)7-8-15(19)21/h3-6,12H,7-10H2,1-2H3. The van der Waals surface area contributed by atoms with Crippen LogP contribution in [-0.4, -0.2) is 73.5 Å². The Bertz CT molecular complexity index is 810. The first-order chi connectivity index (χ1) is 11.7. The van der Waals surface area contributed by atoms with E-state index in [1.54, 1.807) is 4.90 Å². The van der Waals surface area contributed by atoms with Crippen molar-refractivity contribution in [1.82, 2.24) is 14.1 Å². The molecule has 0 radical (unpaired) electrons. The summed E-state index contributed by atoms with van der Waals surface area (Å²) in [5.41, 5.74) is 0.371. The molecule has 8 nitrogen and oxygen atoms in total.